The summed E-state index contributed by atoms with van der Waals surface area (Å²) in [7, 11) is 0. The highest BCUT2D eigenvalue weighted by atomic mass is 32.1. The second-order valence-electron chi connectivity index (χ2n) is 6.52. The van der Waals surface area contributed by atoms with Crippen LogP contribution >= 0.6 is 11.3 Å². The lowest BCUT2D eigenvalue weighted by Crippen LogP contribution is -2.33. The van der Waals surface area contributed by atoms with Gasteiger partial charge in [-0.15, -0.1) is 0 Å². The van der Waals surface area contributed by atoms with Crippen LogP contribution in [0.25, 0.3) is 11.0 Å². The van der Waals surface area contributed by atoms with E-state index in [4.69, 9.17) is 9.15 Å². The van der Waals surface area contributed by atoms with Crippen LogP contribution in [0.2, 0.25) is 0 Å². The third-order valence-electron chi connectivity index (χ3n) is 4.62. The highest BCUT2D eigenvalue weighted by Crippen LogP contribution is 2.18. The Labute approximate surface area is 150 Å². The molecule has 1 aliphatic heterocycles. The molecule has 0 amide bonds. The average molecular weight is 355 g/mol. The predicted molar refractivity (Wildman–Crippen MR) is 99.9 cm³/mol. The van der Waals surface area contributed by atoms with Crippen molar-refractivity contribution in [1.29, 1.82) is 0 Å². The molecule has 0 aliphatic carbocycles. The number of thiophene rings is 1. The van der Waals surface area contributed by atoms with Gasteiger partial charge in [0.05, 0.1) is 17.8 Å². The minimum absolute atomic E-state index is 0.0597. The van der Waals surface area contributed by atoms with Gasteiger partial charge in [0.2, 0.25) is 0 Å². The number of rotatable bonds is 6. The second kappa shape index (κ2) is 7.52. The maximum Gasteiger partial charge on any atom is 0.197 e. The van der Waals surface area contributed by atoms with E-state index < -0.39 is 0 Å². The van der Waals surface area contributed by atoms with Gasteiger partial charge >= 0.3 is 0 Å². The number of benzene rings is 1. The number of hydrogen-bond acceptors (Lipinski definition) is 5. The first-order chi connectivity index (χ1) is 12.3. The van der Waals surface area contributed by atoms with Crippen LogP contribution in [0.1, 0.15) is 24.0 Å². The zero-order chi connectivity index (χ0) is 17.1. The van der Waals surface area contributed by atoms with Gasteiger partial charge in [-0.05, 0) is 47.4 Å². The van der Waals surface area contributed by atoms with Crippen LogP contribution in [0.5, 0.6) is 0 Å². The van der Waals surface area contributed by atoms with E-state index in [1.165, 1.54) is 5.56 Å². The molecular formula is C20H21NO3S. The molecular weight excluding hydrogens is 334 g/mol. The van der Waals surface area contributed by atoms with Gasteiger partial charge in [0.15, 0.2) is 5.43 Å². The molecule has 0 saturated carbocycles. The third-order valence-corrected chi connectivity index (χ3v) is 5.35. The molecule has 0 bridgehead atoms. The van der Waals surface area contributed by atoms with Crippen LogP contribution in [0.15, 0.2) is 56.6 Å². The molecule has 1 aliphatic rings. The van der Waals surface area contributed by atoms with Crippen LogP contribution in [0.4, 0.5) is 0 Å². The van der Waals surface area contributed by atoms with Gasteiger partial charge in [-0.25, -0.2) is 0 Å². The maximum absolute atomic E-state index is 12.8. The summed E-state index contributed by atoms with van der Waals surface area (Å²) in [4.78, 5) is 15.1. The van der Waals surface area contributed by atoms with Crippen LogP contribution in [-0.2, 0) is 17.8 Å². The molecule has 1 atom stereocenters. The molecule has 0 spiro atoms. The summed E-state index contributed by atoms with van der Waals surface area (Å²) in [6.07, 6.45) is 4.08. The summed E-state index contributed by atoms with van der Waals surface area (Å²) in [5.41, 5.74) is 2.67. The first-order valence-corrected chi connectivity index (χ1v) is 9.58. The molecule has 4 rings (SSSR count). The van der Waals surface area contributed by atoms with Crippen molar-refractivity contribution in [3.8, 4) is 0 Å². The normalized spacial score (nSPS) is 17.6. The van der Waals surface area contributed by atoms with E-state index in [0.29, 0.717) is 23.1 Å². The molecule has 3 heterocycles. The fourth-order valence-electron chi connectivity index (χ4n) is 3.37. The van der Waals surface area contributed by atoms with Gasteiger partial charge in [0.1, 0.15) is 5.58 Å². The minimum Gasteiger partial charge on any atom is -0.464 e. The van der Waals surface area contributed by atoms with Crippen molar-refractivity contribution < 1.29 is 9.15 Å². The minimum atomic E-state index is 0.0597. The smallest absolute Gasteiger partial charge is 0.197 e. The Balaban J connectivity index is 1.58. The topological polar surface area (TPSA) is 42.7 Å². The van der Waals surface area contributed by atoms with Gasteiger partial charge in [-0.1, -0.05) is 12.1 Å². The summed E-state index contributed by atoms with van der Waals surface area (Å²) in [6, 6.07) is 9.55. The molecule has 0 N–H and O–H groups in total. The Kier molecular flexibility index (Phi) is 4.97. The molecule has 2 aromatic heterocycles. The summed E-state index contributed by atoms with van der Waals surface area (Å²) in [5.74, 6) is 0. The fraction of sp³-hybridized carbons (Fsp3) is 0.350. The SMILES string of the molecule is O=c1c(CN(Cc2ccsc2)CC2CCCO2)coc2ccccc12. The number of nitrogens with zero attached hydrogens (tertiary/aromatic N) is 1. The van der Waals surface area contributed by atoms with Crippen molar-refractivity contribution >= 4 is 22.3 Å². The van der Waals surface area contributed by atoms with Crippen LogP contribution in [0, 0.1) is 0 Å². The van der Waals surface area contributed by atoms with Crippen molar-refractivity contribution in [2.45, 2.75) is 32.0 Å². The van der Waals surface area contributed by atoms with Crippen LogP contribution in [0.3, 0.4) is 0 Å². The Morgan fingerprint density at radius 2 is 2.12 bits per heavy atom. The number of para-hydroxylation sites is 1. The monoisotopic (exact) mass is 355 g/mol. The van der Waals surface area contributed by atoms with Crippen molar-refractivity contribution in [2.24, 2.45) is 0 Å². The molecule has 25 heavy (non-hydrogen) atoms. The first kappa shape index (κ1) is 16.5. The van der Waals surface area contributed by atoms with E-state index >= 15 is 0 Å². The lowest BCUT2D eigenvalue weighted by Gasteiger charge is -2.24. The van der Waals surface area contributed by atoms with Crippen molar-refractivity contribution in [3.05, 3.63) is 68.7 Å². The Morgan fingerprint density at radius 1 is 1.20 bits per heavy atom. The van der Waals surface area contributed by atoms with E-state index in [2.05, 4.69) is 21.7 Å². The standard InChI is InChI=1S/C20H21NO3S/c22-20-16(13-24-19-6-2-1-5-18(19)20)11-21(10-15-7-9-25-14-15)12-17-4-3-8-23-17/h1-2,5-7,9,13-14,17H,3-4,8,10-12H2. The number of hydrogen-bond donors (Lipinski definition) is 0. The quantitative estimate of drug-likeness (QED) is 0.669. The number of fused-ring (bicyclic) bond motifs is 1. The highest BCUT2D eigenvalue weighted by Gasteiger charge is 2.21. The summed E-state index contributed by atoms with van der Waals surface area (Å²) < 4.78 is 11.5. The molecule has 0 radical (unpaired) electrons. The van der Waals surface area contributed by atoms with Crippen molar-refractivity contribution in [1.82, 2.24) is 4.90 Å². The maximum atomic E-state index is 12.8. The lowest BCUT2D eigenvalue weighted by molar-refractivity contribution is 0.0677. The average Bonchev–Trinajstić information content (AvgIpc) is 3.32. The Hall–Kier alpha value is -1.95. The van der Waals surface area contributed by atoms with Gasteiger partial charge in [-0.2, -0.15) is 11.3 Å². The zero-order valence-corrected chi connectivity index (χ0v) is 14.8. The van der Waals surface area contributed by atoms with Gasteiger partial charge in [0, 0.05) is 31.8 Å². The highest BCUT2D eigenvalue weighted by molar-refractivity contribution is 7.07. The van der Waals surface area contributed by atoms with Crippen LogP contribution < -0.4 is 5.43 Å². The van der Waals surface area contributed by atoms with E-state index in [-0.39, 0.29) is 11.5 Å². The van der Waals surface area contributed by atoms with Gasteiger partial charge < -0.3 is 9.15 Å². The summed E-state index contributed by atoms with van der Waals surface area (Å²) in [6.45, 7) is 3.07. The van der Waals surface area contributed by atoms with E-state index in [1.807, 2.05) is 24.3 Å². The first-order valence-electron chi connectivity index (χ1n) is 8.64. The molecule has 1 fully saturated rings. The van der Waals surface area contributed by atoms with E-state index in [0.717, 1.165) is 32.5 Å². The van der Waals surface area contributed by atoms with Crippen LogP contribution in [-0.4, -0.2) is 24.2 Å². The molecule has 130 valence electrons. The molecule has 1 saturated heterocycles. The second-order valence-corrected chi connectivity index (χ2v) is 7.30. The van der Waals surface area contributed by atoms with E-state index in [1.54, 1.807) is 17.6 Å². The van der Waals surface area contributed by atoms with E-state index in [9.17, 15) is 4.79 Å². The zero-order valence-electron chi connectivity index (χ0n) is 14.0. The van der Waals surface area contributed by atoms with Crippen molar-refractivity contribution in [2.75, 3.05) is 13.2 Å². The molecule has 1 unspecified atom stereocenters. The van der Waals surface area contributed by atoms with Gasteiger partial charge in [0.25, 0.3) is 0 Å². The largest absolute Gasteiger partial charge is 0.464 e. The van der Waals surface area contributed by atoms with Crippen molar-refractivity contribution in [3.63, 3.8) is 0 Å². The molecule has 5 heteroatoms. The Morgan fingerprint density at radius 3 is 2.92 bits per heavy atom. The summed E-state index contributed by atoms with van der Waals surface area (Å²) >= 11 is 1.70. The third kappa shape index (κ3) is 3.84. The molecule has 3 aromatic rings. The molecule has 1 aromatic carbocycles. The molecule has 4 nitrogen and oxygen atoms in total. The lowest BCUT2D eigenvalue weighted by atomic mass is 10.1. The number of ether oxygens (including phenoxy) is 1. The fourth-order valence-corrected chi connectivity index (χ4v) is 4.03. The Bertz CT molecular complexity index is 881. The predicted octanol–water partition coefficient (Wildman–Crippen LogP) is 4.04. The van der Waals surface area contributed by atoms with Gasteiger partial charge in [-0.3, -0.25) is 9.69 Å². The summed E-state index contributed by atoms with van der Waals surface area (Å²) in [5, 5.41) is 4.89.